The maximum atomic E-state index is 11.8. The lowest BCUT2D eigenvalue weighted by molar-refractivity contribution is 0.295. The third-order valence-electron chi connectivity index (χ3n) is 2.94. The molecule has 2 N–H and O–H groups in total. The molecule has 1 unspecified atom stereocenters. The molecule has 1 atom stereocenters. The molecular weight excluding hydrogens is 258 g/mol. The van der Waals surface area contributed by atoms with Crippen LogP contribution in [0, 0.1) is 0 Å². The van der Waals surface area contributed by atoms with E-state index in [9.17, 15) is 8.42 Å². The van der Waals surface area contributed by atoms with E-state index in [1.54, 1.807) is 11.3 Å². The summed E-state index contributed by atoms with van der Waals surface area (Å²) < 4.78 is 26.3. The molecule has 4 nitrogen and oxygen atoms in total. The first kappa shape index (κ1) is 13.0. The zero-order valence-electron chi connectivity index (χ0n) is 9.55. The van der Waals surface area contributed by atoms with Gasteiger partial charge >= 0.3 is 0 Å². The number of hydrogen-bond acceptors (Lipinski definition) is 4. The molecule has 0 saturated heterocycles. The van der Waals surface area contributed by atoms with Crippen LogP contribution in [0.2, 0.25) is 0 Å². The molecule has 1 aliphatic carbocycles. The van der Waals surface area contributed by atoms with Gasteiger partial charge in [0.1, 0.15) is 0 Å². The number of sulfonamides is 1. The van der Waals surface area contributed by atoms with Crippen molar-refractivity contribution in [1.29, 1.82) is 0 Å². The van der Waals surface area contributed by atoms with Crippen LogP contribution in [0.15, 0.2) is 11.4 Å². The van der Waals surface area contributed by atoms with Crippen LogP contribution in [0.3, 0.4) is 0 Å². The van der Waals surface area contributed by atoms with E-state index in [-0.39, 0.29) is 18.4 Å². The molecule has 1 heterocycles. The molecule has 1 aliphatic rings. The van der Waals surface area contributed by atoms with Crippen molar-refractivity contribution in [1.82, 2.24) is 4.72 Å². The summed E-state index contributed by atoms with van der Waals surface area (Å²) in [6, 6.07) is 1.94. The molecule has 1 aromatic heterocycles. The molecule has 1 aromatic rings. The Kier molecular flexibility index (Phi) is 4.19. The summed E-state index contributed by atoms with van der Waals surface area (Å²) in [6.07, 6.45) is 3.24. The second-order valence-electron chi connectivity index (χ2n) is 4.26. The minimum Gasteiger partial charge on any atom is -0.396 e. The van der Waals surface area contributed by atoms with E-state index in [1.165, 1.54) is 4.88 Å². The lowest BCUT2D eigenvalue weighted by Crippen LogP contribution is -2.32. The first-order chi connectivity index (χ1) is 8.12. The number of nitrogens with one attached hydrogen (secondary N) is 1. The quantitative estimate of drug-likeness (QED) is 0.854. The smallest absolute Gasteiger partial charge is 0.212 e. The third kappa shape index (κ3) is 3.28. The molecule has 96 valence electrons. The molecule has 0 radical (unpaired) electrons. The van der Waals surface area contributed by atoms with E-state index in [1.807, 2.05) is 11.4 Å². The summed E-state index contributed by atoms with van der Waals surface area (Å²) in [6.45, 7) is -0.0880. The van der Waals surface area contributed by atoms with Crippen LogP contribution in [0.5, 0.6) is 0 Å². The molecule has 0 fully saturated rings. The van der Waals surface area contributed by atoms with Gasteiger partial charge in [-0.15, -0.1) is 11.3 Å². The van der Waals surface area contributed by atoms with Gasteiger partial charge in [-0.05, 0) is 42.7 Å². The van der Waals surface area contributed by atoms with Gasteiger partial charge in [0, 0.05) is 17.5 Å². The van der Waals surface area contributed by atoms with Gasteiger partial charge < -0.3 is 5.11 Å². The number of aliphatic hydroxyl groups excluding tert-OH is 1. The first-order valence-corrected chi connectivity index (χ1v) is 8.33. The predicted octanol–water partition coefficient (Wildman–Crippen LogP) is 1.43. The van der Waals surface area contributed by atoms with Crippen LogP contribution in [0.1, 0.15) is 35.7 Å². The van der Waals surface area contributed by atoms with Gasteiger partial charge in [-0.2, -0.15) is 0 Å². The molecule has 17 heavy (non-hydrogen) atoms. The number of hydrogen-bond donors (Lipinski definition) is 2. The van der Waals surface area contributed by atoms with Crippen molar-refractivity contribution in [2.75, 3.05) is 12.4 Å². The molecular formula is C11H17NO3S2. The van der Waals surface area contributed by atoms with Gasteiger partial charge in [0.05, 0.1) is 5.75 Å². The Balaban J connectivity index is 2.06. The van der Waals surface area contributed by atoms with Crippen LogP contribution in [-0.2, 0) is 16.4 Å². The third-order valence-corrected chi connectivity index (χ3v) is 5.41. The van der Waals surface area contributed by atoms with Crippen LogP contribution in [-0.4, -0.2) is 25.9 Å². The van der Waals surface area contributed by atoms with Gasteiger partial charge in [-0.25, -0.2) is 13.1 Å². The van der Waals surface area contributed by atoms with Crippen molar-refractivity contribution in [2.45, 2.75) is 31.7 Å². The Morgan fingerprint density at radius 2 is 2.35 bits per heavy atom. The summed E-state index contributed by atoms with van der Waals surface area (Å²) >= 11 is 1.70. The number of thiophene rings is 1. The highest BCUT2D eigenvalue weighted by Gasteiger charge is 2.25. The summed E-state index contributed by atoms with van der Waals surface area (Å²) in [5, 5.41) is 10.7. The highest BCUT2D eigenvalue weighted by atomic mass is 32.2. The van der Waals surface area contributed by atoms with Gasteiger partial charge in [-0.1, -0.05) is 0 Å². The first-order valence-electron chi connectivity index (χ1n) is 5.79. The predicted molar refractivity (Wildman–Crippen MR) is 68.6 cm³/mol. The van der Waals surface area contributed by atoms with Gasteiger partial charge in [0.15, 0.2) is 0 Å². The maximum Gasteiger partial charge on any atom is 0.212 e. The molecule has 0 aromatic carbocycles. The minimum absolute atomic E-state index is 0.000525. The van der Waals surface area contributed by atoms with Crippen LogP contribution < -0.4 is 4.72 Å². The fraction of sp³-hybridized carbons (Fsp3) is 0.636. The number of aliphatic hydroxyl groups is 1. The molecule has 0 amide bonds. The molecule has 6 heteroatoms. The Labute approximate surface area is 106 Å². The van der Waals surface area contributed by atoms with E-state index in [4.69, 9.17) is 5.11 Å². The van der Waals surface area contributed by atoms with Gasteiger partial charge in [0.2, 0.25) is 10.0 Å². The zero-order valence-corrected chi connectivity index (χ0v) is 11.2. The van der Waals surface area contributed by atoms with Gasteiger partial charge in [-0.3, -0.25) is 0 Å². The monoisotopic (exact) mass is 275 g/mol. The Hall–Kier alpha value is -0.430. The van der Waals surface area contributed by atoms with E-state index < -0.39 is 10.0 Å². The van der Waals surface area contributed by atoms with Crippen LogP contribution in [0.25, 0.3) is 0 Å². The molecule has 0 aliphatic heterocycles. The summed E-state index contributed by atoms with van der Waals surface area (Å²) in [5.41, 5.74) is 1.13. The summed E-state index contributed by atoms with van der Waals surface area (Å²) in [5.74, 6) is -0.000525. The lowest BCUT2D eigenvalue weighted by atomic mass is 9.95. The Bertz CT molecular complexity index is 467. The normalized spacial score (nSPS) is 20.2. The second kappa shape index (κ2) is 5.48. The number of aryl methyl sites for hydroxylation is 1. The van der Waals surface area contributed by atoms with Crippen molar-refractivity contribution in [3.05, 3.63) is 21.9 Å². The highest BCUT2D eigenvalue weighted by molar-refractivity contribution is 7.89. The standard InChI is InChI=1S/C11H17NO3S2/c13-6-2-8-17(14,15)12-10-3-1-4-11-9(10)5-7-16-11/h5,7,10,12-13H,1-4,6,8H2. The fourth-order valence-corrected chi connectivity index (χ4v) is 4.43. The number of rotatable bonds is 5. The highest BCUT2D eigenvalue weighted by Crippen LogP contribution is 2.33. The van der Waals surface area contributed by atoms with Crippen LogP contribution >= 0.6 is 11.3 Å². The van der Waals surface area contributed by atoms with Crippen molar-refractivity contribution >= 4 is 21.4 Å². The average Bonchev–Trinajstić information content (AvgIpc) is 2.75. The topological polar surface area (TPSA) is 66.4 Å². The van der Waals surface area contributed by atoms with E-state index >= 15 is 0 Å². The maximum absolute atomic E-state index is 11.8. The van der Waals surface area contributed by atoms with E-state index in [0.29, 0.717) is 6.42 Å². The van der Waals surface area contributed by atoms with Crippen LogP contribution in [0.4, 0.5) is 0 Å². The van der Waals surface area contributed by atoms with Crippen molar-refractivity contribution < 1.29 is 13.5 Å². The summed E-state index contributed by atoms with van der Waals surface area (Å²) in [7, 11) is -3.27. The van der Waals surface area contributed by atoms with Crippen molar-refractivity contribution in [3.8, 4) is 0 Å². The van der Waals surface area contributed by atoms with E-state index in [2.05, 4.69) is 4.72 Å². The number of fused-ring (bicyclic) bond motifs is 1. The van der Waals surface area contributed by atoms with Crippen molar-refractivity contribution in [3.63, 3.8) is 0 Å². The summed E-state index contributed by atoms with van der Waals surface area (Å²) in [4.78, 5) is 1.30. The Morgan fingerprint density at radius 1 is 1.53 bits per heavy atom. The largest absolute Gasteiger partial charge is 0.396 e. The SMILES string of the molecule is O=S(=O)(CCCO)NC1CCCc2sccc21. The molecule has 0 saturated carbocycles. The molecule has 2 rings (SSSR count). The average molecular weight is 275 g/mol. The van der Waals surface area contributed by atoms with E-state index in [0.717, 1.165) is 24.8 Å². The minimum atomic E-state index is -3.27. The van der Waals surface area contributed by atoms with Crippen molar-refractivity contribution in [2.24, 2.45) is 0 Å². The molecule has 0 bridgehead atoms. The lowest BCUT2D eigenvalue weighted by Gasteiger charge is -2.23. The Morgan fingerprint density at radius 3 is 3.12 bits per heavy atom. The second-order valence-corrected chi connectivity index (χ2v) is 7.13. The molecule has 0 spiro atoms. The van der Waals surface area contributed by atoms with Gasteiger partial charge in [0.25, 0.3) is 0 Å². The zero-order chi connectivity index (χ0) is 12.3. The fourth-order valence-electron chi connectivity index (χ4n) is 2.14.